The number of fused-ring (bicyclic) bond motifs is 1. The maximum Gasteiger partial charge on any atom is 0.255 e. The molecular formula is C31H34N4O2. The second-order valence-corrected chi connectivity index (χ2v) is 9.76. The molecule has 0 aliphatic carbocycles. The molecule has 1 saturated heterocycles. The van der Waals surface area contributed by atoms with Gasteiger partial charge in [-0.1, -0.05) is 18.2 Å². The molecule has 0 saturated carbocycles. The van der Waals surface area contributed by atoms with Gasteiger partial charge in [0.25, 0.3) is 5.91 Å². The Bertz CT molecular complexity index is 1380. The van der Waals surface area contributed by atoms with Crippen LogP contribution in [0.4, 0.5) is 11.4 Å². The van der Waals surface area contributed by atoms with Crippen LogP contribution in [-0.4, -0.2) is 55.1 Å². The summed E-state index contributed by atoms with van der Waals surface area (Å²) in [6, 6.07) is 26.4. The zero-order valence-corrected chi connectivity index (χ0v) is 21.8. The molecule has 0 spiro atoms. The number of rotatable bonds is 7. The third kappa shape index (κ3) is 5.75. The Morgan fingerprint density at radius 3 is 2.49 bits per heavy atom. The van der Waals surface area contributed by atoms with Gasteiger partial charge in [0.05, 0.1) is 12.6 Å². The van der Waals surface area contributed by atoms with Crippen LogP contribution in [0.1, 0.15) is 28.5 Å². The molecule has 4 aromatic rings. The molecule has 1 amide bonds. The lowest BCUT2D eigenvalue weighted by molar-refractivity contribution is 0.102. The smallest absolute Gasteiger partial charge is 0.255 e. The molecule has 6 heteroatoms. The SMILES string of the molecule is COc1ccc(C(=O)Nc2cccc(CC(C)N3CCN(c4cccc5nc(C)ccc45)CC3)c2)cc1. The minimum atomic E-state index is -0.122. The number of aromatic nitrogens is 1. The van der Waals surface area contributed by atoms with Crippen molar-refractivity contribution in [3.63, 3.8) is 0 Å². The Kier molecular flexibility index (Phi) is 7.37. The second-order valence-electron chi connectivity index (χ2n) is 9.76. The van der Waals surface area contributed by atoms with Crippen LogP contribution in [-0.2, 0) is 6.42 Å². The first kappa shape index (κ1) is 24.8. The highest BCUT2D eigenvalue weighted by Crippen LogP contribution is 2.27. The fourth-order valence-electron chi connectivity index (χ4n) is 5.11. The van der Waals surface area contributed by atoms with Crippen molar-refractivity contribution in [1.29, 1.82) is 0 Å². The number of ether oxygens (including phenoxy) is 1. The minimum Gasteiger partial charge on any atom is -0.497 e. The fraction of sp³-hybridized carbons (Fsp3) is 0.290. The van der Waals surface area contributed by atoms with Crippen LogP contribution in [0.15, 0.2) is 78.9 Å². The van der Waals surface area contributed by atoms with Crippen LogP contribution in [0.25, 0.3) is 10.9 Å². The second kappa shape index (κ2) is 11.0. The van der Waals surface area contributed by atoms with E-state index < -0.39 is 0 Å². The summed E-state index contributed by atoms with van der Waals surface area (Å²) in [5.74, 6) is 0.611. The quantitative estimate of drug-likeness (QED) is 0.365. The summed E-state index contributed by atoms with van der Waals surface area (Å²) < 4.78 is 5.18. The van der Waals surface area contributed by atoms with E-state index in [0.717, 1.165) is 55.2 Å². The number of hydrogen-bond donors (Lipinski definition) is 1. The molecule has 6 nitrogen and oxygen atoms in total. The monoisotopic (exact) mass is 494 g/mol. The third-order valence-electron chi connectivity index (χ3n) is 7.19. The van der Waals surface area contributed by atoms with E-state index in [1.54, 1.807) is 31.4 Å². The average molecular weight is 495 g/mol. The Balaban J connectivity index is 1.18. The zero-order valence-electron chi connectivity index (χ0n) is 21.8. The number of amides is 1. The van der Waals surface area contributed by atoms with Crippen LogP contribution >= 0.6 is 0 Å². The molecule has 190 valence electrons. The van der Waals surface area contributed by atoms with Crippen LogP contribution < -0.4 is 15.0 Å². The summed E-state index contributed by atoms with van der Waals surface area (Å²) in [7, 11) is 1.62. The molecule has 2 heterocycles. The Morgan fingerprint density at radius 1 is 0.973 bits per heavy atom. The highest BCUT2D eigenvalue weighted by atomic mass is 16.5. The Labute approximate surface area is 218 Å². The predicted octanol–water partition coefficient (Wildman–Crippen LogP) is 5.56. The molecule has 0 bridgehead atoms. The number of methoxy groups -OCH3 is 1. The van der Waals surface area contributed by atoms with Gasteiger partial charge in [-0.25, -0.2) is 0 Å². The van der Waals surface area contributed by atoms with E-state index in [0.29, 0.717) is 11.6 Å². The number of hydrogen-bond acceptors (Lipinski definition) is 5. The fourth-order valence-corrected chi connectivity index (χ4v) is 5.11. The number of pyridine rings is 1. The number of carbonyl (C=O) groups excluding carboxylic acids is 1. The van der Waals surface area contributed by atoms with Crippen molar-refractivity contribution in [1.82, 2.24) is 9.88 Å². The van der Waals surface area contributed by atoms with Crippen molar-refractivity contribution in [3.8, 4) is 5.75 Å². The van der Waals surface area contributed by atoms with Crippen LogP contribution in [0.5, 0.6) is 5.75 Å². The molecule has 3 aromatic carbocycles. The molecule has 5 rings (SSSR count). The van der Waals surface area contributed by atoms with Gasteiger partial charge in [0.1, 0.15) is 5.75 Å². The molecule has 1 aliphatic heterocycles. The predicted molar refractivity (Wildman–Crippen MR) is 151 cm³/mol. The van der Waals surface area contributed by atoms with Crippen LogP contribution in [0, 0.1) is 6.92 Å². The van der Waals surface area contributed by atoms with Gasteiger partial charge in [-0.2, -0.15) is 0 Å². The van der Waals surface area contributed by atoms with E-state index in [4.69, 9.17) is 9.72 Å². The number of nitrogens with one attached hydrogen (secondary N) is 1. The van der Waals surface area contributed by atoms with Gasteiger partial charge in [0.15, 0.2) is 0 Å². The summed E-state index contributed by atoms with van der Waals surface area (Å²) in [5, 5.41) is 4.25. The molecular weight excluding hydrogens is 460 g/mol. The molecule has 1 atom stereocenters. The van der Waals surface area contributed by atoms with Gasteiger partial charge in [0, 0.05) is 60.2 Å². The lowest BCUT2D eigenvalue weighted by Gasteiger charge is -2.39. The van der Waals surface area contributed by atoms with Crippen molar-refractivity contribution >= 4 is 28.2 Å². The van der Waals surface area contributed by atoms with E-state index >= 15 is 0 Å². The van der Waals surface area contributed by atoms with Crippen LogP contribution in [0.3, 0.4) is 0 Å². The zero-order chi connectivity index (χ0) is 25.8. The summed E-state index contributed by atoms with van der Waals surface area (Å²) in [6.45, 7) is 8.36. The molecule has 1 N–H and O–H groups in total. The lowest BCUT2D eigenvalue weighted by Crippen LogP contribution is -2.50. The standard InChI is InChI=1S/C31H34N4O2/c1-22-10-15-28-29(32-22)8-5-9-30(28)35-18-16-34(17-19-35)23(2)20-24-6-4-7-26(21-24)33-31(36)25-11-13-27(37-3)14-12-25/h4-15,21,23H,16-20H2,1-3H3,(H,33,36). The summed E-state index contributed by atoms with van der Waals surface area (Å²) >= 11 is 0. The number of carbonyl (C=O) groups is 1. The minimum absolute atomic E-state index is 0.122. The molecule has 1 fully saturated rings. The van der Waals surface area contributed by atoms with E-state index in [9.17, 15) is 4.79 Å². The summed E-state index contributed by atoms with van der Waals surface area (Å²) in [4.78, 5) is 22.4. The van der Waals surface area contributed by atoms with Crippen molar-refractivity contribution in [2.75, 3.05) is 43.5 Å². The molecule has 1 aliphatic rings. The van der Waals surface area contributed by atoms with E-state index in [1.165, 1.54) is 16.6 Å². The third-order valence-corrected chi connectivity index (χ3v) is 7.19. The molecule has 1 unspecified atom stereocenters. The van der Waals surface area contributed by atoms with Crippen molar-refractivity contribution in [3.05, 3.63) is 95.7 Å². The van der Waals surface area contributed by atoms with Crippen LogP contribution in [0.2, 0.25) is 0 Å². The van der Waals surface area contributed by atoms with Gasteiger partial charge in [-0.15, -0.1) is 0 Å². The topological polar surface area (TPSA) is 57.7 Å². The normalized spacial score (nSPS) is 14.9. The molecule has 37 heavy (non-hydrogen) atoms. The highest BCUT2D eigenvalue weighted by molar-refractivity contribution is 6.04. The maximum absolute atomic E-state index is 12.7. The number of piperazine rings is 1. The number of nitrogens with zero attached hydrogens (tertiary/aromatic N) is 3. The van der Waals surface area contributed by atoms with Crippen molar-refractivity contribution < 1.29 is 9.53 Å². The highest BCUT2D eigenvalue weighted by Gasteiger charge is 2.22. The first-order valence-corrected chi connectivity index (χ1v) is 12.9. The summed E-state index contributed by atoms with van der Waals surface area (Å²) in [5.41, 5.74) is 6.03. The van der Waals surface area contributed by atoms with E-state index in [-0.39, 0.29) is 5.91 Å². The van der Waals surface area contributed by atoms with Gasteiger partial charge >= 0.3 is 0 Å². The molecule has 1 aromatic heterocycles. The van der Waals surface area contributed by atoms with Gasteiger partial charge in [-0.05, 0) is 86.5 Å². The largest absolute Gasteiger partial charge is 0.497 e. The summed E-state index contributed by atoms with van der Waals surface area (Å²) in [6.07, 6.45) is 0.934. The number of aryl methyl sites for hydroxylation is 1. The van der Waals surface area contributed by atoms with E-state index in [1.807, 2.05) is 19.1 Å². The number of benzene rings is 3. The van der Waals surface area contributed by atoms with Crippen molar-refractivity contribution in [2.24, 2.45) is 0 Å². The molecule has 0 radical (unpaired) electrons. The lowest BCUT2D eigenvalue weighted by atomic mass is 10.0. The first-order chi connectivity index (χ1) is 18.0. The number of anilines is 2. The van der Waals surface area contributed by atoms with Gasteiger partial charge in [-0.3, -0.25) is 14.7 Å². The van der Waals surface area contributed by atoms with Gasteiger partial charge < -0.3 is 15.0 Å². The Morgan fingerprint density at radius 2 is 1.73 bits per heavy atom. The first-order valence-electron chi connectivity index (χ1n) is 12.9. The van der Waals surface area contributed by atoms with Gasteiger partial charge in [0.2, 0.25) is 0 Å². The van der Waals surface area contributed by atoms with Crippen molar-refractivity contribution in [2.45, 2.75) is 26.3 Å². The van der Waals surface area contributed by atoms with E-state index in [2.05, 4.69) is 64.5 Å². The maximum atomic E-state index is 12.7. The average Bonchev–Trinajstić information content (AvgIpc) is 2.93. The Hall–Kier alpha value is -3.90.